The molecule has 1 saturated heterocycles. The Bertz CT molecular complexity index is 488. The molecule has 0 spiro atoms. The van der Waals surface area contributed by atoms with E-state index in [0.717, 1.165) is 5.69 Å². The van der Waals surface area contributed by atoms with Crippen molar-refractivity contribution in [2.45, 2.75) is 19.4 Å². The first-order valence-corrected chi connectivity index (χ1v) is 6.53. The molecule has 0 aromatic heterocycles. The van der Waals surface area contributed by atoms with Crippen LogP contribution in [0.25, 0.3) is 0 Å². The summed E-state index contributed by atoms with van der Waals surface area (Å²) in [7, 11) is 0. The molecule has 0 aliphatic carbocycles. The van der Waals surface area contributed by atoms with Gasteiger partial charge >= 0.3 is 12.1 Å². The molecule has 1 aromatic rings. The molecule has 20 heavy (non-hydrogen) atoms. The number of urea groups is 1. The number of amides is 3. The van der Waals surface area contributed by atoms with E-state index in [0.29, 0.717) is 19.7 Å². The molecule has 0 unspecified atom stereocenters. The van der Waals surface area contributed by atoms with Crippen LogP contribution in [0.1, 0.15) is 13.8 Å². The molecule has 6 nitrogen and oxygen atoms in total. The number of hydrogen-bond donors (Lipinski definition) is 2. The molecule has 6 heteroatoms. The maximum atomic E-state index is 11.8. The summed E-state index contributed by atoms with van der Waals surface area (Å²) in [4.78, 5) is 25.0. The van der Waals surface area contributed by atoms with Crippen LogP contribution in [0, 0.1) is 0 Å². The van der Waals surface area contributed by atoms with E-state index in [-0.39, 0.29) is 12.1 Å². The quantitative estimate of drug-likeness (QED) is 0.884. The van der Waals surface area contributed by atoms with Crippen molar-refractivity contribution >= 4 is 17.8 Å². The van der Waals surface area contributed by atoms with E-state index in [1.54, 1.807) is 4.90 Å². The van der Waals surface area contributed by atoms with Gasteiger partial charge in [-0.15, -0.1) is 0 Å². The van der Waals surface area contributed by atoms with Crippen LogP contribution in [0.2, 0.25) is 0 Å². The van der Waals surface area contributed by atoms with Gasteiger partial charge < -0.3 is 15.4 Å². The van der Waals surface area contributed by atoms with Gasteiger partial charge in [0.1, 0.15) is 6.61 Å². The lowest BCUT2D eigenvalue weighted by molar-refractivity contribution is 0.126. The second kappa shape index (κ2) is 5.81. The van der Waals surface area contributed by atoms with E-state index >= 15 is 0 Å². The summed E-state index contributed by atoms with van der Waals surface area (Å²) in [5.74, 6) is 0. The van der Waals surface area contributed by atoms with Gasteiger partial charge in [0.2, 0.25) is 0 Å². The maximum absolute atomic E-state index is 11.8. The highest BCUT2D eigenvalue weighted by molar-refractivity contribution is 5.89. The molecule has 2 N–H and O–H groups in total. The molecule has 1 heterocycles. The highest BCUT2D eigenvalue weighted by Crippen LogP contribution is 2.18. The molecular formula is C14H19N3O3. The zero-order valence-electron chi connectivity index (χ0n) is 11.7. The molecule has 1 aliphatic heterocycles. The fourth-order valence-corrected chi connectivity index (χ4v) is 2.03. The molecule has 0 atom stereocenters. The second-order valence-corrected chi connectivity index (χ2v) is 5.25. The summed E-state index contributed by atoms with van der Waals surface area (Å²) in [6.07, 6.45) is -0.333. The van der Waals surface area contributed by atoms with Gasteiger partial charge in [-0.1, -0.05) is 18.2 Å². The van der Waals surface area contributed by atoms with Crippen LogP contribution in [0.5, 0.6) is 0 Å². The average molecular weight is 277 g/mol. The van der Waals surface area contributed by atoms with E-state index in [1.165, 1.54) is 0 Å². The fraction of sp³-hybridized carbons (Fsp3) is 0.429. The Morgan fingerprint density at radius 2 is 2.05 bits per heavy atom. The smallest absolute Gasteiger partial charge is 0.410 e. The first kappa shape index (κ1) is 14.2. The summed E-state index contributed by atoms with van der Waals surface area (Å²) >= 11 is 0. The van der Waals surface area contributed by atoms with E-state index in [2.05, 4.69) is 10.6 Å². The van der Waals surface area contributed by atoms with E-state index < -0.39 is 5.54 Å². The third-order valence-electron chi connectivity index (χ3n) is 3.20. The number of nitrogens with one attached hydrogen (secondary N) is 2. The number of ether oxygens (including phenoxy) is 1. The highest BCUT2D eigenvalue weighted by Gasteiger charge is 2.35. The Labute approximate surface area is 118 Å². The number of benzene rings is 1. The summed E-state index contributed by atoms with van der Waals surface area (Å²) < 4.78 is 4.91. The van der Waals surface area contributed by atoms with Gasteiger partial charge in [0, 0.05) is 12.2 Å². The van der Waals surface area contributed by atoms with E-state index in [4.69, 9.17) is 4.74 Å². The lowest BCUT2D eigenvalue weighted by Gasteiger charge is -2.33. The number of nitrogens with zero attached hydrogens (tertiary/aromatic N) is 1. The first-order chi connectivity index (χ1) is 9.49. The fourth-order valence-electron chi connectivity index (χ4n) is 2.03. The highest BCUT2D eigenvalue weighted by atomic mass is 16.6. The van der Waals surface area contributed by atoms with Crippen molar-refractivity contribution in [3.63, 3.8) is 0 Å². The number of hydrogen-bond acceptors (Lipinski definition) is 3. The zero-order valence-corrected chi connectivity index (χ0v) is 11.7. The zero-order chi connectivity index (χ0) is 14.6. The number of carbonyl (C=O) groups excluding carboxylic acids is 2. The molecule has 0 saturated carbocycles. The first-order valence-electron chi connectivity index (χ1n) is 6.53. The minimum Gasteiger partial charge on any atom is -0.448 e. The van der Waals surface area contributed by atoms with Crippen LogP contribution in [-0.2, 0) is 4.74 Å². The predicted octanol–water partition coefficient (Wildman–Crippen LogP) is 2.04. The van der Waals surface area contributed by atoms with Gasteiger partial charge in [0.05, 0.1) is 12.1 Å². The van der Waals surface area contributed by atoms with Crippen molar-refractivity contribution in [3.8, 4) is 0 Å². The normalized spacial score (nSPS) is 14.9. The number of carbonyl (C=O) groups is 2. The number of para-hydroxylation sites is 1. The van der Waals surface area contributed by atoms with Crippen molar-refractivity contribution in [2.75, 3.05) is 25.0 Å². The van der Waals surface area contributed by atoms with Crippen molar-refractivity contribution in [1.29, 1.82) is 0 Å². The van der Waals surface area contributed by atoms with Crippen LogP contribution < -0.4 is 10.6 Å². The summed E-state index contributed by atoms with van der Waals surface area (Å²) in [6.45, 7) is 5.08. The molecule has 108 valence electrons. The standard InChI is InChI=1S/C14H19N3O3/c1-14(2,17-8-9-20-13(17)19)10-15-12(18)16-11-6-4-3-5-7-11/h3-7H,8-10H2,1-2H3,(H2,15,16,18). The van der Waals surface area contributed by atoms with E-state index in [1.807, 2.05) is 44.2 Å². The lowest BCUT2D eigenvalue weighted by atomic mass is 10.0. The predicted molar refractivity (Wildman–Crippen MR) is 75.6 cm³/mol. The average Bonchev–Trinajstić information content (AvgIpc) is 2.85. The third-order valence-corrected chi connectivity index (χ3v) is 3.20. The topological polar surface area (TPSA) is 70.7 Å². The van der Waals surface area contributed by atoms with E-state index in [9.17, 15) is 9.59 Å². The van der Waals surface area contributed by atoms with Gasteiger partial charge in [-0.2, -0.15) is 0 Å². The Hall–Kier alpha value is -2.24. The van der Waals surface area contributed by atoms with Crippen LogP contribution in [-0.4, -0.2) is 42.3 Å². The molecule has 0 bridgehead atoms. The summed E-state index contributed by atoms with van der Waals surface area (Å²) in [5, 5.41) is 5.50. The molecule has 2 rings (SSSR count). The minimum atomic E-state index is -0.485. The van der Waals surface area contributed by atoms with Crippen molar-refractivity contribution in [2.24, 2.45) is 0 Å². The lowest BCUT2D eigenvalue weighted by Crippen LogP contribution is -2.52. The molecule has 0 radical (unpaired) electrons. The van der Waals surface area contributed by atoms with Crippen LogP contribution in [0.3, 0.4) is 0 Å². The molecular weight excluding hydrogens is 258 g/mol. The molecule has 1 fully saturated rings. The van der Waals surface area contributed by atoms with Crippen LogP contribution in [0.4, 0.5) is 15.3 Å². The van der Waals surface area contributed by atoms with Crippen molar-refractivity contribution in [3.05, 3.63) is 30.3 Å². The SMILES string of the molecule is CC(C)(CNC(=O)Nc1ccccc1)N1CCOC1=O. The van der Waals surface area contributed by atoms with Crippen molar-refractivity contribution in [1.82, 2.24) is 10.2 Å². The maximum Gasteiger partial charge on any atom is 0.410 e. The number of anilines is 1. The largest absolute Gasteiger partial charge is 0.448 e. The number of cyclic esters (lactones) is 1. The van der Waals surface area contributed by atoms with Gasteiger partial charge in [0.15, 0.2) is 0 Å². The Kier molecular flexibility index (Phi) is 4.12. The summed E-state index contributed by atoms with van der Waals surface area (Å²) in [6, 6.07) is 8.90. The van der Waals surface area contributed by atoms with Gasteiger partial charge in [-0.25, -0.2) is 9.59 Å². The minimum absolute atomic E-state index is 0.295. The molecule has 1 aliphatic rings. The monoisotopic (exact) mass is 277 g/mol. The molecule has 3 amide bonds. The van der Waals surface area contributed by atoms with Crippen LogP contribution >= 0.6 is 0 Å². The van der Waals surface area contributed by atoms with Gasteiger partial charge in [0.25, 0.3) is 0 Å². The van der Waals surface area contributed by atoms with Crippen LogP contribution in [0.15, 0.2) is 30.3 Å². The van der Waals surface area contributed by atoms with Gasteiger partial charge in [-0.05, 0) is 26.0 Å². The summed E-state index contributed by atoms with van der Waals surface area (Å²) in [5.41, 5.74) is 0.241. The van der Waals surface area contributed by atoms with Crippen molar-refractivity contribution < 1.29 is 14.3 Å². The second-order valence-electron chi connectivity index (χ2n) is 5.25. The Morgan fingerprint density at radius 3 is 2.65 bits per heavy atom. The Balaban J connectivity index is 1.85. The third kappa shape index (κ3) is 3.40. The van der Waals surface area contributed by atoms with Gasteiger partial charge in [-0.3, -0.25) is 4.90 Å². The number of rotatable bonds is 4. The Morgan fingerprint density at radius 1 is 1.35 bits per heavy atom. The molecule has 1 aromatic carbocycles.